The molecule has 2 heteroatoms. The van der Waals surface area contributed by atoms with Crippen molar-refractivity contribution in [2.24, 2.45) is 0 Å². The lowest BCUT2D eigenvalue weighted by atomic mass is 10.0. The third kappa shape index (κ3) is 3.96. The molecule has 0 unspecified atom stereocenters. The molecule has 0 aliphatic rings. The van der Waals surface area contributed by atoms with Crippen LogP contribution in [0.25, 0.3) is 0 Å². The van der Waals surface area contributed by atoms with Crippen LogP contribution in [0.15, 0.2) is 12.1 Å². The number of aryl methyl sites for hydroxylation is 3. The van der Waals surface area contributed by atoms with Crippen molar-refractivity contribution >= 4 is 5.97 Å². The monoisotopic (exact) mass is 230 g/mol. The molecule has 0 aliphatic carbocycles. The normalized spacial score (nSPS) is 9.41. The lowest BCUT2D eigenvalue weighted by molar-refractivity contribution is -0.141. The second-order valence-corrected chi connectivity index (χ2v) is 4.03. The van der Waals surface area contributed by atoms with Crippen LogP contribution in [0.2, 0.25) is 0 Å². The van der Waals surface area contributed by atoms with Gasteiger partial charge in [-0.05, 0) is 50.5 Å². The van der Waals surface area contributed by atoms with Crippen LogP contribution in [0.4, 0.5) is 0 Å². The molecule has 2 nitrogen and oxygen atoms in total. The molecule has 0 aliphatic heterocycles. The summed E-state index contributed by atoms with van der Waals surface area (Å²) in [5.74, 6) is 5.61. The molecule has 0 spiro atoms. The fourth-order valence-corrected chi connectivity index (χ4v) is 1.52. The van der Waals surface area contributed by atoms with E-state index in [2.05, 4.69) is 37.8 Å². The van der Waals surface area contributed by atoms with Gasteiger partial charge in [0.15, 0.2) is 0 Å². The predicted octanol–water partition coefficient (Wildman–Crippen LogP) is 2.92. The number of benzene rings is 1. The molecule has 0 N–H and O–H groups in total. The van der Waals surface area contributed by atoms with Crippen LogP contribution in [0.1, 0.15) is 35.6 Å². The second kappa shape index (κ2) is 6.10. The Hall–Kier alpha value is -1.75. The zero-order chi connectivity index (χ0) is 12.8. The molecule has 0 heterocycles. The van der Waals surface area contributed by atoms with E-state index in [-0.39, 0.29) is 12.4 Å². The molecule has 0 fully saturated rings. The molecule has 90 valence electrons. The van der Waals surface area contributed by atoms with Crippen molar-refractivity contribution < 1.29 is 9.53 Å². The van der Waals surface area contributed by atoms with Crippen molar-refractivity contribution in [3.63, 3.8) is 0 Å². The molecule has 0 saturated heterocycles. The highest BCUT2D eigenvalue weighted by Gasteiger charge is 2.00. The number of rotatable bonds is 2. The third-order valence-corrected chi connectivity index (χ3v) is 2.60. The van der Waals surface area contributed by atoms with Crippen molar-refractivity contribution in [1.29, 1.82) is 0 Å². The van der Waals surface area contributed by atoms with Gasteiger partial charge in [-0.25, -0.2) is 0 Å². The largest absolute Gasteiger partial charge is 0.465 e. The Labute approximate surface area is 103 Å². The SMILES string of the molecule is CCOC(=O)CC#Cc1cc(C)c(C)cc1C. The maximum Gasteiger partial charge on any atom is 0.317 e. The van der Waals surface area contributed by atoms with Crippen LogP contribution in [0, 0.1) is 32.6 Å². The van der Waals surface area contributed by atoms with Crippen molar-refractivity contribution in [3.05, 3.63) is 34.4 Å². The zero-order valence-corrected chi connectivity index (χ0v) is 10.9. The molecular formula is C15H18O2. The molecule has 0 amide bonds. The molecule has 1 aromatic rings. The van der Waals surface area contributed by atoms with Gasteiger partial charge in [0, 0.05) is 5.56 Å². The van der Waals surface area contributed by atoms with E-state index >= 15 is 0 Å². The zero-order valence-electron chi connectivity index (χ0n) is 10.9. The first-order chi connectivity index (χ1) is 8.04. The van der Waals surface area contributed by atoms with Crippen molar-refractivity contribution in [3.8, 4) is 11.8 Å². The third-order valence-electron chi connectivity index (χ3n) is 2.60. The number of carbonyl (C=O) groups excluding carboxylic acids is 1. The van der Waals surface area contributed by atoms with Gasteiger partial charge < -0.3 is 4.74 Å². The first-order valence-electron chi connectivity index (χ1n) is 5.77. The fourth-order valence-electron chi connectivity index (χ4n) is 1.52. The molecule has 0 aromatic heterocycles. The number of hydrogen-bond donors (Lipinski definition) is 0. The lowest BCUT2D eigenvalue weighted by Crippen LogP contribution is -2.01. The van der Waals surface area contributed by atoms with Gasteiger partial charge >= 0.3 is 5.97 Å². The summed E-state index contributed by atoms with van der Waals surface area (Å²) >= 11 is 0. The van der Waals surface area contributed by atoms with E-state index < -0.39 is 0 Å². The van der Waals surface area contributed by atoms with E-state index in [1.54, 1.807) is 6.92 Å². The Morgan fingerprint density at radius 3 is 2.47 bits per heavy atom. The van der Waals surface area contributed by atoms with Gasteiger partial charge in [-0.3, -0.25) is 4.79 Å². The van der Waals surface area contributed by atoms with E-state index in [1.807, 2.05) is 6.92 Å². The summed E-state index contributed by atoms with van der Waals surface area (Å²) < 4.78 is 4.81. The minimum Gasteiger partial charge on any atom is -0.465 e. The minimum atomic E-state index is -0.263. The lowest BCUT2D eigenvalue weighted by Gasteiger charge is -2.04. The van der Waals surface area contributed by atoms with Gasteiger partial charge in [-0.2, -0.15) is 0 Å². The van der Waals surface area contributed by atoms with Crippen LogP contribution in [-0.4, -0.2) is 12.6 Å². The van der Waals surface area contributed by atoms with Crippen molar-refractivity contribution in [2.45, 2.75) is 34.1 Å². The second-order valence-electron chi connectivity index (χ2n) is 4.03. The van der Waals surface area contributed by atoms with Crippen LogP contribution in [0.5, 0.6) is 0 Å². The maximum absolute atomic E-state index is 11.1. The molecule has 1 rings (SSSR count). The van der Waals surface area contributed by atoms with Gasteiger partial charge in [0.2, 0.25) is 0 Å². The van der Waals surface area contributed by atoms with Crippen LogP contribution >= 0.6 is 0 Å². The summed E-state index contributed by atoms with van der Waals surface area (Å²) in [5.41, 5.74) is 4.61. The van der Waals surface area contributed by atoms with E-state index in [0.717, 1.165) is 11.1 Å². The average Bonchev–Trinajstić information content (AvgIpc) is 2.26. The smallest absolute Gasteiger partial charge is 0.317 e. The molecule has 17 heavy (non-hydrogen) atoms. The first-order valence-corrected chi connectivity index (χ1v) is 5.77. The van der Waals surface area contributed by atoms with E-state index in [0.29, 0.717) is 6.61 Å². The highest BCUT2D eigenvalue weighted by molar-refractivity contribution is 5.72. The molecule has 0 radical (unpaired) electrons. The summed E-state index contributed by atoms with van der Waals surface area (Å²) in [6.45, 7) is 8.37. The van der Waals surface area contributed by atoms with Gasteiger partial charge in [0.25, 0.3) is 0 Å². The summed E-state index contributed by atoms with van der Waals surface area (Å²) in [6, 6.07) is 4.17. The number of ether oxygens (including phenoxy) is 1. The number of esters is 1. The summed E-state index contributed by atoms with van der Waals surface area (Å²) in [4.78, 5) is 11.1. The summed E-state index contributed by atoms with van der Waals surface area (Å²) in [5, 5.41) is 0. The molecular weight excluding hydrogens is 212 g/mol. The van der Waals surface area contributed by atoms with Gasteiger partial charge in [-0.15, -0.1) is 0 Å². The first kappa shape index (κ1) is 13.3. The van der Waals surface area contributed by atoms with Gasteiger partial charge in [0.05, 0.1) is 6.61 Å². The Balaban J connectivity index is 2.79. The van der Waals surface area contributed by atoms with Gasteiger partial charge in [0.1, 0.15) is 6.42 Å². The Morgan fingerprint density at radius 1 is 1.18 bits per heavy atom. The predicted molar refractivity (Wildman–Crippen MR) is 68.8 cm³/mol. The standard InChI is InChI=1S/C15H18O2/c1-5-17-15(16)8-6-7-14-10-12(3)11(2)9-13(14)4/h9-10H,5,8H2,1-4H3. The average molecular weight is 230 g/mol. The van der Waals surface area contributed by atoms with Crippen LogP contribution < -0.4 is 0 Å². The maximum atomic E-state index is 11.1. The van der Waals surface area contributed by atoms with Gasteiger partial charge in [-0.1, -0.05) is 17.9 Å². The van der Waals surface area contributed by atoms with Crippen molar-refractivity contribution in [1.82, 2.24) is 0 Å². The molecule has 0 atom stereocenters. The fraction of sp³-hybridized carbons (Fsp3) is 0.400. The highest BCUT2D eigenvalue weighted by atomic mass is 16.5. The Morgan fingerprint density at radius 2 is 1.82 bits per heavy atom. The van der Waals surface area contributed by atoms with E-state index in [1.165, 1.54) is 11.1 Å². The molecule has 1 aromatic carbocycles. The topological polar surface area (TPSA) is 26.3 Å². The highest BCUT2D eigenvalue weighted by Crippen LogP contribution is 2.14. The summed E-state index contributed by atoms with van der Waals surface area (Å²) in [6.07, 6.45) is 0.153. The number of hydrogen-bond acceptors (Lipinski definition) is 2. The Bertz CT molecular complexity index is 476. The minimum absolute atomic E-state index is 0.153. The quantitative estimate of drug-likeness (QED) is 0.577. The molecule has 0 bridgehead atoms. The van der Waals surface area contributed by atoms with Crippen molar-refractivity contribution in [2.75, 3.05) is 6.61 Å². The molecule has 0 saturated carbocycles. The Kier molecular flexibility index (Phi) is 4.78. The van der Waals surface area contributed by atoms with E-state index in [4.69, 9.17) is 4.74 Å². The van der Waals surface area contributed by atoms with E-state index in [9.17, 15) is 4.79 Å². The van der Waals surface area contributed by atoms with Crippen LogP contribution in [-0.2, 0) is 9.53 Å². The summed E-state index contributed by atoms with van der Waals surface area (Å²) in [7, 11) is 0. The van der Waals surface area contributed by atoms with Crippen LogP contribution in [0.3, 0.4) is 0 Å². The number of carbonyl (C=O) groups is 1.